The van der Waals surface area contributed by atoms with Gasteiger partial charge in [-0.3, -0.25) is 4.40 Å². The van der Waals surface area contributed by atoms with Gasteiger partial charge in [-0.2, -0.15) is 0 Å². The molecule has 5 nitrogen and oxygen atoms in total. The Balaban J connectivity index is 2.14. The minimum Gasteiger partial charge on any atom is -0.255 e. The van der Waals surface area contributed by atoms with Crippen molar-refractivity contribution in [3.8, 4) is 11.4 Å². The van der Waals surface area contributed by atoms with Gasteiger partial charge in [0.25, 0.3) is 0 Å². The third-order valence-corrected chi connectivity index (χ3v) is 5.12. The molecule has 0 aliphatic heterocycles. The van der Waals surface area contributed by atoms with Crippen molar-refractivity contribution in [2.75, 3.05) is 0 Å². The maximum Gasteiger partial charge on any atom is 0.184 e. The SMILES string of the molecule is Cc1nc2ccc(C(C)C)nc2n2c(-c3cc(I)ccc3Cl)nnc12. The van der Waals surface area contributed by atoms with Crippen LogP contribution < -0.4 is 0 Å². The molecule has 3 heterocycles. The molecule has 0 aliphatic carbocycles. The zero-order valence-corrected chi connectivity index (χ0v) is 16.9. The van der Waals surface area contributed by atoms with E-state index in [2.05, 4.69) is 51.6 Å². The van der Waals surface area contributed by atoms with Crippen molar-refractivity contribution in [2.24, 2.45) is 0 Å². The fourth-order valence-electron chi connectivity index (χ4n) is 2.82. The molecule has 0 N–H and O–H groups in total. The Bertz CT molecular complexity index is 1120. The highest BCUT2D eigenvalue weighted by Crippen LogP contribution is 2.30. The summed E-state index contributed by atoms with van der Waals surface area (Å²) in [5.41, 5.74) is 4.93. The van der Waals surface area contributed by atoms with Gasteiger partial charge in [-0.25, -0.2) is 9.97 Å². The molecule has 0 unspecified atom stereocenters. The van der Waals surface area contributed by atoms with Crippen molar-refractivity contribution in [3.63, 3.8) is 0 Å². The highest BCUT2D eigenvalue weighted by molar-refractivity contribution is 14.1. The summed E-state index contributed by atoms with van der Waals surface area (Å²) in [6.45, 7) is 6.17. The van der Waals surface area contributed by atoms with Gasteiger partial charge >= 0.3 is 0 Å². The summed E-state index contributed by atoms with van der Waals surface area (Å²) >= 11 is 8.71. The molecule has 4 rings (SSSR count). The van der Waals surface area contributed by atoms with Gasteiger partial charge in [-0.15, -0.1) is 10.2 Å². The van der Waals surface area contributed by atoms with E-state index in [9.17, 15) is 0 Å². The average Bonchev–Trinajstić information content (AvgIpc) is 3.02. The van der Waals surface area contributed by atoms with Crippen LogP contribution in [0.15, 0.2) is 30.3 Å². The molecule has 0 amide bonds. The summed E-state index contributed by atoms with van der Waals surface area (Å²) in [6, 6.07) is 9.88. The molecule has 0 aliphatic rings. The molecule has 0 saturated carbocycles. The molecule has 0 radical (unpaired) electrons. The number of fused-ring (bicyclic) bond motifs is 3. The molecular weight excluding hydrogens is 449 g/mol. The summed E-state index contributed by atoms with van der Waals surface area (Å²) < 4.78 is 3.04. The first-order chi connectivity index (χ1) is 12.0. The van der Waals surface area contributed by atoms with E-state index in [4.69, 9.17) is 16.6 Å². The summed E-state index contributed by atoms with van der Waals surface area (Å²) in [6.07, 6.45) is 0. The Labute approximate surface area is 163 Å². The number of benzene rings is 1. The lowest BCUT2D eigenvalue weighted by Gasteiger charge is -2.10. The van der Waals surface area contributed by atoms with Crippen LogP contribution in [0, 0.1) is 10.5 Å². The molecule has 0 fully saturated rings. The minimum atomic E-state index is 0.321. The Kier molecular flexibility index (Phi) is 4.11. The Morgan fingerprint density at radius 2 is 1.84 bits per heavy atom. The lowest BCUT2D eigenvalue weighted by Crippen LogP contribution is -2.02. The fourth-order valence-corrected chi connectivity index (χ4v) is 3.52. The van der Waals surface area contributed by atoms with Crippen molar-refractivity contribution in [1.82, 2.24) is 24.6 Å². The summed E-state index contributed by atoms with van der Waals surface area (Å²) in [4.78, 5) is 9.46. The van der Waals surface area contributed by atoms with Gasteiger partial charge in [0.2, 0.25) is 0 Å². The zero-order valence-electron chi connectivity index (χ0n) is 14.0. The van der Waals surface area contributed by atoms with E-state index in [-0.39, 0.29) is 0 Å². The molecule has 0 bridgehead atoms. The van der Waals surface area contributed by atoms with E-state index < -0.39 is 0 Å². The average molecular weight is 464 g/mol. The number of aryl methyl sites for hydroxylation is 1. The Morgan fingerprint density at radius 3 is 2.60 bits per heavy atom. The van der Waals surface area contributed by atoms with Crippen molar-refractivity contribution < 1.29 is 0 Å². The molecule has 7 heteroatoms. The van der Waals surface area contributed by atoms with Crippen molar-refractivity contribution >= 4 is 51.0 Å². The quantitative estimate of drug-likeness (QED) is 0.391. The van der Waals surface area contributed by atoms with Crippen molar-refractivity contribution in [3.05, 3.63) is 50.3 Å². The number of rotatable bonds is 2. The van der Waals surface area contributed by atoms with Crippen molar-refractivity contribution in [2.45, 2.75) is 26.7 Å². The van der Waals surface area contributed by atoms with E-state index in [0.29, 0.717) is 22.4 Å². The number of hydrogen-bond donors (Lipinski definition) is 0. The van der Waals surface area contributed by atoms with Crippen LogP contribution in [0.1, 0.15) is 31.2 Å². The maximum atomic E-state index is 6.44. The van der Waals surface area contributed by atoms with Crippen molar-refractivity contribution in [1.29, 1.82) is 0 Å². The van der Waals surface area contributed by atoms with Gasteiger partial charge in [0.05, 0.1) is 10.7 Å². The van der Waals surface area contributed by atoms with Gasteiger partial charge in [0.1, 0.15) is 5.52 Å². The monoisotopic (exact) mass is 463 g/mol. The van der Waals surface area contributed by atoms with Crippen LogP contribution in [0.2, 0.25) is 5.02 Å². The summed E-state index contributed by atoms with van der Waals surface area (Å²) in [5, 5.41) is 9.37. The second-order valence-electron chi connectivity index (χ2n) is 6.24. The maximum absolute atomic E-state index is 6.44. The third-order valence-electron chi connectivity index (χ3n) is 4.12. The van der Waals surface area contributed by atoms with Crippen LogP contribution >= 0.6 is 34.2 Å². The van der Waals surface area contributed by atoms with E-state index in [1.54, 1.807) is 0 Å². The lowest BCUT2D eigenvalue weighted by atomic mass is 10.1. The molecule has 4 aromatic rings. The van der Waals surface area contributed by atoms with Crippen LogP contribution in [-0.4, -0.2) is 24.6 Å². The van der Waals surface area contributed by atoms with E-state index in [1.807, 2.05) is 41.7 Å². The van der Waals surface area contributed by atoms with Gasteiger partial charge in [-0.1, -0.05) is 25.4 Å². The van der Waals surface area contributed by atoms with E-state index >= 15 is 0 Å². The lowest BCUT2D eigenvalue weighted by molar-refractivity contribution is 0.825. The van der Waals surface area contributed by atoms with Crippen LogP contribution in [0.5, 0.6) is 0 Å². The molecule has 0 atom stereocenters. The first kappa shape index (κ1) is 16.7. The highest BCUT2D eigenvalue weighted by atomic mass is 127. The summed E-state index contributed by atoms with van der Waals surface area (Å²) in [7, 11) is 0. The molecule has 3 aromatic heterocycles. The first-order valence-corrected chi connectivity index (χ1v) is 9.39. The Morgan fingerprint density at radius 1 is 1.04 bits per heavy atom. The molecular formula is C18H15ClIN5. The predicted octanol–water partition coefficient (Wildman–Crippen LogP) is 5.03. The number of aromatic nitrogens is 5. The molecule has 1 aromatic carbocycles. The predicted molar refractivity (Wildman–Crippen MR) is 108 cm³/mol. The number of nitrogens with zero attached hydrogens (tertiary/aromatic N) is 5. The fraction of sp³-hybridized carbons (Fsp3) is 0.222. The van der Waals surface area contributed by atoms with Crippen LogP contribution in [0.3, 0.4) is 0 Å². The molecule has 126 valence electrons. The van der Waals surface area contributed by atoms with Crippen LogP contribution in [0.4, 0.5) is 0 Å². The van der Waals surface area contributed by atoms with Gasteiger partial charge in [0, 0.05) is 14.8 Å². The van der Waals surface area contributed by atoms with E-state index in [0.717, 1.165) is 31.7 Å². The standard InChI is InChI=1S/C18H15ClIN5/c1-9(2)14-6-7-15-18(22-14)25-16(10(3)21-15)23-24-17(25)12-8-11(20)4-5-13(12)19/h4-9H,1-3H3. The van der Waals surface area contributed by atoms with Crippen LogP contribution in [0.25, 0.3) is 28.2 Å². The summed E-state index contributed by atoms with van der Waals surface area (Å²) in [5.74, 6) is 1.00. The van der Waals surface area contributed by atoms with E-state index in [1.165, 1.54) is 0 Å². The largest absolute Gasteiger partial charge is 0.255 e. The number of pyridine rings is 1. The van der Waals surface area contributed by atoms with Gasteiger partial charge in [0.15, 0.2) is 17.1 Å². The topological polar surface area (TPSA) is 56.0 Å². The molecule has 0 saturated heterocycles. The normalized spacial score (nSPS) is 11.8. The van der Waals surface area contributed by atoms with Gasteiger partial charge < -0.3 is 0 Å². The third kappa shape index (κ3) is 2.77. The molecule has 0 spiro atoms. The van der Waals surface area contributed by atoms with Gasteiger partial charge in [-0.05, 0) is 65.8 Å². The smallest absolute Gasteiger partial charge is 0.184 e. The number of halogens is 2. The second kappa shape index (κ2) is 6.17. The molecule has 25 heavy (non-hydrogen) atoms. The highest BCUT2D eigenvalue weighted by Gasteiger charge is 2.18. The first-order valence-electron chi connectivity index (χ1n) is 7.93. The Hall–Kier alpha value is -1.80. The minimum absolute atomic E-state index is 0.321. The zero-order chi connectivity index (χ0) is 17.7. The second-order valence-corrected chi connectivity index (χ2v) is 7.89. The van der Waals surface area contributed by atoms with Crippen LogP contribution in [-0.2, 0) is 0 Å². The number of hydrogen-bond acceptors (Lipinski definition) is 4.